The van der Waals surface area contributed by atoms with Gasteiger partial charge in [0.15, 0.2) is 0 Å². The van der Waals surface area contributed by atoms with Gasteiger partial charge in [0.25, 0.3) is 0 Å². The molecule has 0 saturated carbocycles. The maximum absolute atomic E-state index is 6.03. The van der Waals surface area contributed by atoms with Crippen LogP contribution in [0.2, 0.25) is 0 Å². The maximum atomic E-state index is 6.03. The van der Waals surface area contributed by atoms with Crippen molar-refractivity contribution in [2.75, 3.05) is 5.01 Å². The average molecular weight is 324 g/mol. The summed E-state index contributed by atoms with van der Waals surface area (Å²) >= 11 is 0. The Morgan fingerprint density at radius 3 is 2.38 bits per heavy atom. The van der Waals surface area contributed by atoms with Gasteiger partial charge in [-0.2, -0.15) is 5.10 Å². The largest absolute Gasteiger partial charge is 0.385 e. The lowest BCUT2D eigenvalue weighted by Crippen LogP contribution is -2.30. The third-order valence-electron chi connectivity index (χ3n) is 4.28. The quantitative estimate of drug-likeness (QED) is 0.857. The van der Waals surface area contributed by atoms with Gasteiger partial charge in [-0.25, -0.2) is 5.01 Å². The van der Waals surface area contributed by atoms with E-state index in [0.29, 0.717) is 18.7 Å². The number of terminal acetylenes is 1. The number of nitrogens with two attached hydrogens (primary N) is 1. The maximum Gasteiger partial charge on any atom is 0.133 e. The molecular formula is C20H28N4. The van der Waals surface area contributed by atoms with Crippen molar-refractivity contribution in [1.82, 2.24) is 0 Å². The Morgan fingerprint density at radius 1 is 1.29 bits per heavy atom. The summed E-state index contributed by atoms with van der Waals surface area (Å²) < 4.78 is 0. The zero-order valence-electron chi connectivity index (χ0n) is 15.6. The van der Waals surface area contributed by atoms with Crippen molar-refractivity contribution in [2.24, 2.45) is 21.2 Å². The summed E-state index contributed by atoms with van der Waals surface area (Å²) in [5.74, 6) is 4.21. The molecule has 24 heavy (non-hydrogen) atoms. The first-order valence-electron chi connectivity index (χ1n) is 8.34. The molecule has 1 heterocycles. The molecule has 0 aliphatic carbocycles. The van der Waals surface area contributed by atoms with Crippen molar-refractivity contribution < 1.29 is 0 Å². The number of aryl methyl sites for hydroxylation is 3. The number of hydrogen-bond acceptors (Lipinski definition) is 3. The normalized spacial score (nSPS) is 17.8. The smallest absolute Gasteiger partial charge is 0.133 e. The van der Waals surface area contributed by atoms with Crippen LogP contribution in [0.5, 0.6) is 0 Å². The molecule has 0 spiro atoms. The fourth-order valence-corrected chi connectivity index (χ4v) is 3.08. The van der Waals surface area contributed by atoms with Crippen molar-refractivity contribution in [3.8, 4) is 12.3 Å². The van der Waals surface area contributed by atoms with Crippen LogP contribution in [0.25, 0.3) is 0 Å². The summed E-state index contributed by atoms with van der Waals surface area (Å²) in [5, 5.41) is 6.43. The summed E-state index contributed by atoms with van der Waals surface area (Å²) in [7, 11) is 0. The molecule has 1 aliphatic heterocycles. The fourth-order valence-electron chi connectivity index (χ4n) is 3.08. The lowest BCUT2D eigenvalue weighted by atomic mass is 9.85. The Hall–Kier alpha value is -2.28. The second kappa shape index (κ2) is 6.68. The predicted octanol–water partition coefficient (Wildman–Crippen LogP) is 3.93. The zero-order valence-corrected chi connectivity index (χ0v) is 15.6. The molecule has 0 saturated heterocycles. The molecule has 0 fully saturated rings. The van der Waals surface area contributed by atoms with E-state index in [9.17, 15) is 0 Å². The van der Waals surface area contributed by atoms with Crippen LogP contribution in [-0.4, -0.2) is 17.7 Å². The Labute approximate surface area is 145 Å². The van der Waals surface area contributed by atoms with Crippen molar-refractivity contribution in [1.29, 1.82) is 0 Å². The van der Waals surface area contributed by atoms with E-state index < -0.39 is 0 Å². The van der Waals surface area contributed by atoms with Gasteiger partial charge in [-0.1, -0.05) is 38.5 Å². The number of anilines is 1. The van der Waals surface area contributed by atoms with Gasteiger partial charge < -0.3 is 5.73 Å². The number of rotatable bonds is 3. The number of amidine groups is 2. The van der Waals surface area contributed by atoms with E-state index in [4.69, 9.17) is 17.1 Å². The number of benzene rings is 1. The molecule has 4 nitrogen and oxygen atoms in total. The molecule has 1 aliphatic rings. The predicted molar refractivity (Wildman–Crippen MR) is 103 cm³/mol. The minimum Gasteiger partial charge on any atom is -0.385 e. The van der Waals surface area contributed by atoms with Gasteiger partial charge in [-0.3, -0.25) is 4.99 Å². The summed E-state index contributed by atoms with van der Waals surface area (Å²) in [4.78, 5) is 4.95. The lowest BCUT2D eigenvalue weighted by molar-refractivity contribution is 0.326. The van der Waals surface area contributed by atoms with Crippen LogP contribution in [0.1, 0.15) is 50.3 Å². The average Bonchev–Trinajstić information content (AvgIpc) is 2.77. The van der Waals surface area contributed by atoms with Crippen LogP contribution < -0.4 is 10.7 Å². The summed E-state index contributed by atoms with van der Waals surface area (Å²) in [5.41, 5.74) is 10.7. The number of hydrogen-bond donors (Lipinski definition) is 1. The van der Waals surface area contributed by atoms with Gasteiger partial charge in [0.2, 0.25) is 0 Å². The van der Waals surface area contributed by atoms with E-state index in [1.807, 2.05) is 5.01 Å². The van der Waals surface area contributed by atoms with Crippen molar-refractivity contribution in [2.45, 2.75) is 60.4 Å². The minimum absolute atomic E-state index is 0.0141. The second-order valence-electron chi connectivity index (χ2n) is 7.66. The molecule has 0 radical (unpaired) electrons. The Kier molecular flexibility index (Phi) is 5.03. The standard InChI is InChI=1S/C20H28N4/c1-8-9-16(20(5,6)7)22-18-12-17(21)23-24(18)19-14(3)10-13(2)11-15(19)4/h1,10-11,16H,9,12H2,2-7H3,(H2,21,23)/b22-18+. The van der Waals surface area contributed by atoms with E-state index in [2.05, 4.69) is 64.7 Å². The molecule has 0 aromatic heterocycles. The van der Waals surface area contributed by atoms with E-state index in [0.717, 1.165) is 11.5 Å². The third kappa shape index (κ3) is 3.79. The highest BCUT2D eigenvalue weighted by Crippen LogP contribution is 2.31. The van der Waals surface area contributed by atoms with Crippen LogP contribution in [0.4, 0.5) is 5.69 Å². The van der Waals surface area contributed by atoms with Gasteiger partial charge in [0.05, 0.1) is 18.2 Å². The van der Waals surface area contributed by atoms with Gasteiger partial charge in [-0.05, 0) is 37.3 Å². The Balaban J connectivity index is 2.49. The summed E-state index contributed by atoms with van der Waals surface area (Å²) in [6, 6.07) is 4.35. The number of aliphatic imine (C=N–C) groups is 1. The first-order chi connectivity index (χ1) is 11.1. The summed E-state index contributed by atoms with van der Waals surface area (Å²) in [6.07, 6.45) is 6.72. The van der Waals surface area contributed by atoms with Crippen LogP contribution in [0.15, 0.2) is 22.2 Å². The van der Waals surface area contributed by atoms with Crippen LogP contribution in [0, 0.1) is 38.5 Å². The van der Waals surface area contributed by atoms with E-state index in [1.54, 1.807) is 0 Å². The molecule has 2 N–H and O–H groups in total. The Bertz CT molecular complexity index is 706. The molecule has 4 heteroatoms. The molecule has 1 unspecified atom stereocenters. The van der Waals surface area contributed by atoms with E-state index >= 15 is 0 Å². The molecule has 2 rings (SSSR count). The third-order valence-corrected chi connectivity index (χ3v) is 4.28. The molecule has 128 valence electrons. The van der Waals surface area contributed by atoms with Crippen LogP contribution >= 0.6 is 0 Å². The van der Waals surface area contributed by atoms with Crippen molar-refractivity contribution in [3.63, 3.8) is 0 Å². The van der Waals surface area contributed by atoms with E-state index in [-0.39, 0.29) is 11.5 Å². The first-order valence-corrected chi connectivity index (χ1v) is 8.34. The Morgan fingerprint density at radius 2 is 1.88 bits per heavy atom. The van der Waals surface area contributed by atoms with Gasteiger partial charge in [0.1, 0.15) is 11.7 Å². The number of nitrogens with zero attached hydrogens (tertiary/aromatic N) is 3. The molecule has 1 aromatic carbocycles. The van der Waals surface area contributed by atoms with Crippen LogP contribution in [0.3, 0.4) is 0 Å². The van der Waals surface area contributed by atoms with Crippen LogP contribution in [-0.2, 0) is 0 Å². The SMILES string of the molecule is C#CCC(/N=C1\CC(N)=NN1c1c(C)cc(C)cc1C)C(C)(C)C. The highest BCUT2D eigenvalue weighted by Gasteiger charge is 2.29. The van der Waals surface area contributed by atoms with E-state index in [1.165, 1.54) is 16.7 Å². The topological polar surface area (TPSA) is 54.0 Å². The highest BCUT2D eigenvalue weighted by atomic mass is 15.5. The van der Waals surface area contributed by atoms with Crippen molar-refractivity contribution in [3.05, 3.63) is 28.8 Å². The fraction of sp³-hybridized carbons (Fsp3) is 0.500. The lowest BCUT2D eigenvalue weighted by Gasteiger charge is -2.28. The molecule has 1 aromatic rings. The monoisotopic (exact) mass is 324 g/mol. The molecule has 1 atom stereocenters. The van der Waals surface area contributed by atoms with Crippen molar-refractivity contribution >= 4 is 17.4 Å². The first kappa shape index (κ1) is 18.1. The van der Waals surface area contributed by atoms with Gasteiger partial charge in [0, 0.05) is 6.42 Å². The number of hydrazone groups is 1. The van der Waals surface area contributed by atoms with Gasteiger partial charge in [-0.15, -0.1) is 12.3 Å². The summed E-state index contributed by atoms with van der Waals surface area (Å²) in [6.45, 7) is 12.8. The van der Waals surface area contributed by atoms with Gasteiger partial charge >= 0.3 is 0 Å². The highest BCUT2D eigenvalue weighted by molar-refractivity contribution is 6.14. The molecule has 0 bridgehead atoms. The zero-order chi connectivity index (χ0) is 18.1. The molecular weight excluding hydrogens is 296 g/mol. The second-order valence-corrected chi connectivity index (χ2v) is 7.66. The minimum atomic E-state index is -0.0141. The molecule has 0 amide bonds.